The standard InChI is InChI=1S/C19H21FN2OS2/c1-11(15-8-18(25-9-15)17-10-24-13(3)22-17)21-12(2)19(23)14-5-4-6-16(20)7-14/h4-12,19,21,23H,1-3H3. The molecule has 0 radical (unpaired) electrons. The van der Waals surface area contributed by atoms with E-state index in [4.69, 9.17) is 0 Å². The predicted molar refractivity (Wildman–Crippen MR) is 103 cm³/mol. The van der Waals surface area contributed by atoms with Crippen LogP contribution in [0.1, 0.15) is 42.1 Å². The van der Waals surface area contributed by atoms with Gasteiger partial charge in [0.15, 0.2) is 0 Å². The number of aliphatic hydroxyl groups excluding tert-OH is 1. The van der Waals surface area contributed by atoms with Crippen LogP contribution in [0.2, 0.25) is 0 Å². The topological polar surface area (TPSA) is 45.2 Å². The Morgan fingerprint density at radius 3 is 2.60 bits per heavy atom. The van der Waals surface area contributed by atoms with E-state index in [1.807, 2.05) is 13.8 Å². The van der Waals surface area contributed by atoms with Crippen molar-refractivity contribution in [3.05, 3.63) is 63.0 Å². The maximum Gasteiger partial charge on any atom is 0.123 e. The van der Waals surface area contributed by atoms with Crippen molar-refractivity contribution in [2.45, 2.75) is 39.0 Å². The van der Waals surface area contributed by atoms with Gasteiger partial charge in [-0.2, -0.15) is 0 Å². The van der Waals surface area contributed by atoms with Crippen LogP contribution in [0.15, 0.2) is 41.1 Å². The minimum absolute atomic E-state index is 0.0722. The number of thiophene rings is 1. The third-order valence-electron chi connectivity index (χ3n) is 4.17. The molecule has 2 N–H and O–H groups in total. The van der Waals surface area contributed by atoms with Crippen LogP contribution in [-0.2, 0) is 0 Å². The van der Waals surface area contributed by atoms with Crippen LogP contribution in [0.25, 0.3) is 10.6 Å². The van der Waals surface area contributed by atoms with Gasteiger partial charge in [0.05, 0.1) is 21.7 Å². The summed E-state index contributed by atoms with van der Waals surface area (Å²) >= 11 is 3.32. The first kappa shape index (κ1) is 18.2. The maximum atomic E-state index is 13.3. The molecule has 2 heterocycles. The van der Waals surface area contributed by atoms with Crippen LogP contribution >= 0.6 is 22.7 Å². The van der Waals surface area contributed by atoms with Crippen molar-refractivity contribution in [3.63, 3.8) is 0 Å². The van der Waals surface area contributed by atoms with E-state index in [0.717, 1.165) is 21.1 Å². The Bertz CT molecular complexity index is 845. The van der Waals surface area contributed by atoms with Crippen LogP contribution in [-0.4, -0.2) is 16.1 Å². The molecule has 3 rings (SSSR count). The Morgan fingerprint density at radius 1 is 1.12 bits per heavy atom. The van der Waals surface area contributed by atoms with Crippen molar-refractivity contribution >= 4 is 22.7 Å². The third kappa shape index (κ3) is 4.33. The van der Waals surface area contributed by atoms with Gasteiger partial charge in [0.25, 0.3) is 0 Å². The number of halogens is 1. The minimum atomic E-state index is -0.766. The molecule has 0 bridgehead atoms. The van der Waals surface area contributed by atoms with Gasteiger partial charge in [-0.05, 0) is 55.5 Å². The van der Waals surface area contributed by atoms with Gasteiger partial charge < -0.3 is 10.4 Å². The van der Waals surface area contributed by atoms with Gasteiger partial charge in [-0.15, -0.1) is 22.7 Å². The Kier molecular flexibility index (Phi) is 5.64. The van der Waals surface area contributed by atoms with Crippen molar-refractivity contribution in [2.75, 3.05) is 0 Å². The van der Waals surface area contributed by atoms with Gasteiger partial charge in [-0.25, -0.2) is 9.37 Å². The van der Waals surface area contributed by atoms with Crippen LogP contribution in [0.3, 0.4) is 0 Å². The Hall–Kier alpha value is -1.60. The predicted octanol–water partition coefficient (Wildman–Crippen LogP) is 5.09. The number of aromatic nitrogens is 1. The van der Waals surface area contributed by atoms with Gasteiger partial charge in [0.2, 0.25) is 0 Å². The first-order valence-electron chi connectivity index (χ1n) is 8.14. The number of nitrogens with zero attached hydrogens (tertiary/aromatic N) is 1. The van der Waals surface area contributed by atoms with Crippen LogP contribution in [0.4, 0.5) is 4.39 Å². The minimum Gasteiger partial charge on any atom is -0.387 e. The molecule has 0 fully saturated rings. The second kappa shape index (κ2) is 7.74. The molecule has 25 heavy (non-hydrogen) atoms. The van der Waals surface area contributed by atoms with Gasteiger partial charge in [-0.1, -0.05) is 12.1 Å². The summed E-state index contributed by atoms with van der Waals surface area (Å²) in [6.45, 7) is 5.97. The second-order valence-electron chi connectivity index (χ2n) is 6.17. The molecule has 3 atom stereocenters. The molecule has 0 saturated carbocycles. The van der Waals surface area contributed by atoms with Crippen molar-refractivity contribution in [3.8, 4) is 10.6 Å². The number of aryl methyl sites for hydroxylation is 1. The van der Waals surface area contributed by atoms with Gasteiger partial charge >= 0.3 is 0 Å². The van der Waals surface area contributed by atoms with Crippen molar-refractivity contribution in [2.24, 2.45) is 0 Å². The van der Waals surface area contributed by atoms with E-state index in [1.54, 1.807) is 34.8 Å². The molecule has 0 amide bonds. The molecule has 3 nitrogen and oxygen atoms in total. The molecule has 0 saturated heterocycles. The summed E-state index contributed by atoms with van der Waals surface area (Å²) in [4.78, 5) is 5.67. The normalized spacial score (nSPS) is 15.1. The third-order valence-corrected chi connectivity index (χ3v) is 5.91. The Morgan fingerprint density at radius 2 is 1.92 bits per heavy atom. The highest BCUT2D eigenvalue weighted by Crippen LogP contribution is 2.31. The number of thiazole rings is 1. The van der Waals surface area contributed by atoms with Crippen LogP contribution in [0.5, 0.6) is 0 Å². The van der Waals surface area contributed by atoms with Crippen LogP contribution < -0.4 is 5.32 Å². The average molecular weight is 377 g/mol. The lowest BCUT2D eigenvalue weighted by molar-refractivity contribution is 0.130. The molecule has 132 valence electrons. The summed E-state index contributed by atoms with van der Waals surface area (Å²) in [7, 11) is 0. The Labute approximate surface area is 155 Å². The zero-order valence-corrected chi connectivity index (χ0v) is 16.0. The maximum absolute atomic E-state index is 13.3. The summed E-state index contributed by atoms with van der Waals surface area (Å²) in [6.07, 6.45) is -0.766. The summed E-state index contributed by atoms with van der Waals surface area (Å²) in [6, 6.07) is 8.11. The van der Waals surface area contributed by atoms with E-state index >= 15 is 0 Å². The van der Waals surface area contributed by atoms with Crippen LogP contribution in [0, 0.1) is 12.7 Å². The second-order valence-corrected chi connectivity index (χ2v) is 8.15. The molecule has 0 aliphatic heterocycles. The van der Waals surface area contributed by atoms with Crippen molar-refractivity contribution in [1.82, 2.24) is 10.3 Å². The summed E-state index contributed by atoms with van der Waals surface area (Å²) in [5.74, 6) is -0.335. The average Bonchev–Trinajstić information content (AvgIpc) is 3.22. The van der Waals surface area contributed by atoms with Gasteiger partial charge in [0.1, 0.15) is 5.82 Å². The van der Waals surface area contributed by atoms with E-state index in [9.17, 15) is 9.50 Å². The number of hydrogen-bond donors (Lipinski definition) is 2. The number of hydrogen-bond acceptors (Lipinski definition) is 5. The summed E-state index contributed by atoms with van der Waals surface area (Å²) in [5, 5.41) is 19.1. The molecule has 1 aromatic carbocycles. The quantitative estimate of drug-likeness (QED) is 0.630. The zero-order chi connectivity index (χ0) is 18.0. The molecule has 0 aliphatic rings. The number of aliphatic hydroxyl groups is 1. The first-order chi connectivity index (χ1) is 11.9. The van der Waals surface area contributed by atoms with Crippen molar-refractivity contribution < 1.29 is 9.50 Å². The van der Waals surface area contributed by atoms with E-state index in [1.165, 1.54) is 12.1 Å². The van der Waals surface area contributed by atoms with E-state index < -0.39 is 6.10 Å². The van der Waals surface area contributed by atoms with E-state index in [2.05, 4.69) is 34.1 Å². The molecular formula is C19H21FN2OS2. The molecule has 6 heteroatoms. The lowest BCUT2D eigenvalue weighted by Crippen LogP contribution is -2.34. The highest BCUT2D eigenvalue weighted by Gasteiger charge is 2.20. The van der Waals surface area contributed by atoms with Gasteiger partial charge in [0, 0.05) is 17.5 Å². The Balaban J connectivity index is 1.67. The van der Waals surface area contributed by atoms with Gasteiger partial charge in [-0.3, -0.25) is 0 Å². The smallest absolute Gasteiger partial charge is 0.123 e. The first-order valence-corrected chi connectivity index (χ1v) is 9.90. The largest absolute Gasteiger partial charge is 0.387 e. The zero-order valence-electron chi connectivity index (χ0n) is 14.4. The van der Waals surface area contributed by atoms with E-state index in [-0.39, 0.29) is 17.9 Å². The fourth-order valence-corrected chi connectivity index (χ4v) is 4.40. The molecule has 0 aliphatic carbocycles. The number of nitrogens with one attached hydrogen (secondary N) is 1. The highest BCUT2D eigenvalue weighted by molar-refractivity contribution is 7.14. The molecule has 3 aromatic rings. The highest BCUT2D eigenvalue weighted by atomic mass is 32.1. The lowest BCUT2D eigenvalue weighted by Gasteiger charge is -2.24. The molecular weight excluding hydrogens is 355 g/mol. The molecule has 3 unspecified atom stereocenters. The summed E-state index contributed by atoms with van der Waals surface area (Å²) < 4.78 is 13.3. The lowest BCUT2D eigenvalue weighted by atomic mass is 10.0. The van der Waals surface area contributed by atoms with E-state index in [0.29, 0.717) is 5.56 Å². The van der Waals surface area contributed by atoms with Crippen molar-refractivity contribution in [1.29, 1.82) is 0 Å². The molecule has 2 aromatic heterocycles. The summed E-state index contributed by atoms with van der Waals surface area (Å²) in [5.41, 5.74) is 2.75. The monoisotopic (exact) mass is 376 g/mol. The number of benzene rings is 1. The SMILES string of the molecule is Cc1nc(-c2cc(C(C)NC(C)C(O)c3cccc(F)c3)cs2)cs1. The fraction of sp³-hybridized carbons (Fsp3) is 0.316. The fourth-order valence-electron chi connectivity index (χ4n) is 2.75. The number of rotatable bonds is 6. The molecule has 0 spiro atoms.